The van der Waals surface area contributed by atoms with Gasteiger partial charge in [0.25, 0.3) is 5.56 Å². The molecule has 0 spiro atoms. The van der Waals surface area contributed by atoms with Gasteiger partial charge in [0.15, 0.2) is 11.5 Å². The van der Waals surface area contributed by atoms with Gasteiger partial charge in [0.05, 0.1) is 15.6 Å². The van der Waals surface area contributed by atoms with Gasteiger partial charge in [0, 0.05) is 10.4 Å². The van der Waals surface area contributed by atoms with Gasteiger partial charge >= 0.3 is 0 Å². The summed E-state index contributed by atoms with van der Waals surface area (Å²) >= 11 is 3.93. The standard InChI is InChI=1S/C27H27IN2O3S/c1-4-32-21-13-18(12-20(28)24(21)33-14-17-8-5-15(2)6-9-17)25-29-26(31)23-19-10-7-16(3)11-22(19)34-27(23)30-25/h5-6,8-9,12-13,16H,4,7,10-11,14H2,1-3H3,(H,29,30,31). The number of fused-ring (bicyclic) bond motifs is 3. The van der Waals surface area contributed by atoms with Crippen LogP contribution in [0.25, 0.3) is 21.6 Å². The zero-order valence-electron chi connectivity index (χ0n) is 19.5. The smallest absolute Gasteiger partial charge is 0.260 e. The lowest BCUT2D eigenvalue weighted by atomic mass is 9.89. The summed E-state index contributed by atoms with van der Waals surface area (Å²) in [4.78, 5) is 23.1. The van der Waals surface area contributed by atoms with Gasteiger partial charge < -0.3 is 14.5 Å². The number of halogens is 1. The molecule has 0 aliphatic heterocycles. The SMILES string of the molecule is CCOc1cc(-c2nc3sc4c(c3c(=O)[nH]2)CCC(C)C4)cc(I)c1OCc1ccc(C)cc1. The fraction of sp³-hybridized carbons (Fsp3) is 0.333. The first kappa shape index (κ1) is 23.4. The van der Waals surface area contributed by atoms with Crippen molar-refractivity contribution in [3.8, 4) is 22.9 Å². The number of aromatic nitrogens is 2. The largest absolute Gasteiger partial charge is 0.490 e. The Morgan fingerprint density at radius 3 is 2.76 bits per heavy atom. The minimum atomic E-state index is -0.0558. The normalized spacial score (nSPS) is 15.4. The van der Waals surface area contributed by atoms with Crippen LogP contribution in [0, 0.1) is 16.4 Å². The van der Waals surface area contributed by atoms with Crippen LogP contribution in [0.3, 0.4) is 0 Å². The second-order valence-electron chi connectivity index (χ2n) is 8.94. The first-order chi connectivity index (χ1) is 16.4. The van der Waals surface area contributed by atoms with Crippen molar-refractivity contribution < 1.29 is 9.47 Å². The van der Waals surface area contributed by atoms with Crippen LogP contribution in [0.15, 0.2) is 41.2 Å². The van der Waals surface area contributed by atoms with Crippen molar-refractivity contribution in [1.82, 2.24) is 9.97 Å². The van der Waals surface area contributed by atoms with E-state index in [1.165, 1.54) is 16.0 Å². The Balaban J connectivity index is 1.51. The number of aryl methyl sites for hydroxylation is 2. The van der Waals surface area contributed by atoms with Gasteiger partial charge in [-0.3, -0.25) is 4.79 Å². The van der Waals surface area contributed by atoms with Crippen LogP contribution in [0.2, 0.25) is 0 Å². The van der Waals surface area contributed by atoms with E-state index >= 15 is 0 Å². The highest BCUT2D eigenvalue weighted by molar-refractivity contribution is 14.1. The van der Waals surface area contributed by atoms with Gasteiger partial charge in [-0.15, -0.1) is 11.3 Å². The molecule has 0 saturated heterocycles. The summed E-state index contributed by atoms with van der Waals surface area (Å²) in [6.45, 7) is 7.26. The lowest BCUT2D eigenvalue weighted by Crippen LogP contribution is -2.13. The molecule has 0 amide bonds. The Morgan fingerprint density at radius 2 is 2.00 bits per heavy atom. The first-order valence-corrected chi connectivity index (χ1v) is 13.5. The molecule has 4 aromatic rings. The summed E-state index contributed by atoms with van der Waals surface area (Å²) < 4.78 is 13.0. The molecule has 1 aliphatic rings. The van der Waals surface area contributed by atoms with Crippen molar-refractivity contribution in [2.75, 3.05) is 6.61 Å². The highest BCUT2D eigenvalue weighted by Crippen LogP contribution is 2.39. The molecule has 0 radical (unpaired) electrons. The molecule has 1 N–H and O–H groups in total. The third-order valence-corrected chi connectivity index (χ3v) is 8.20. The second-order valence-corrected chi connectivity index (χ2v) is 11.2. The maximum Gasteiger partial charge on any atom is 0.260 e. The number of nitrogens with zero attached hydrogens (tertiary/aromatic N) is 1. The number of thiophene rings is 1. The van der Waals surface area contributed by atoms with Crippen molar-refractivity contribution >= 4 is 44.1 Å². The third-order valence-electron chi connectivity index (χ3n) is 6.25. The predicted molar refractivity (Wildman–Crippen MR) is 146 cm³/mol. The van der Waals surface area contributed by atoms with E-state index in [9.17, 15) is 4.79 Å². The van der Waals surface area contributed by atoms with Crippen molar-refractivity contribution in [2.24, 2.45) is 5.92 Å². The molecule has 1 unspecified atom stereocenters. The highest BCUT2D eigenvalue weighted by Gasteiger charge is 2.23. The fourth-order valence-corrected chi connectivity index (χ4v) is 6.57. The predicted octanol–water partition coefficient (Wildman–Crippen LogP) is 6.67. The summed E-state index contributed by atoms with van der Waals surface area (Å²) in [5.41, 5.74) is 4.27. The van der Waals surface area contributed by atoms with Gasteiger partial charge in [-0.05, 0) is 84.9 Å². The summed E-state index contributed by atoms with van der Waals surface area (Å²) in [7, 11) is 0. The van der Waals surface area contributed by atoms with Crippen LogP contribution in [0.5, 0.6) is 11.5 Å². The molecule has 34 heavy (non-hydrogen) atoms. The van der Waals surface area contributed by atoms with Crippen molar-refractivity contribution in [1.29, 1.82) is 0 Å². The number of rotatable bonds is 6. The first-order valence-electron chi connectivity index (χ1n) is 11.6. The summed E-state index contributed by atoms with van der Waals surface area (Å²) in [5, 5.41) is 0.772. The third kappa shape index (κ3) is 4.60. The minimum Gasteiger partial charge on any atom is -0.490 e. The molecule has 7 heteroatoms. The number of aromatic amines is 1. The van der Waals surface area contributed by atoms with Gasteiger partial charge in [-0.1, -0.05) is 36.8 Å². The fourth-order valence-electron chi connectivity index (χ4n) is 4.43. The molecule has 2 heterocycles. The monoisotopic (exact) mass is 586 g/mol. The number of hydrogen-bond acceptors (Lipinski definition) is 5. The molecule has 0 saturated carbocycles. The van der Waals surface area contributed by atoms with Crippen LogP contribution >= 0.6 is 33.9 Å². The van der Waals surface area contributed by atoms with E-state index in [4.69, 9.17) is 14.5 Å². The highest BCUT2D eigenvalue weighted by atomic mass is 127. The van der Waals surface area contributed by atoms with Crippen molar-refractivity contribution in [3.63, 3.8) is 0 Å². The molecule has 176 valence electrons. The van der Waals surface area contributed by atoms with E-state index in [0.29, 0.717) is 36.5 Å². The molecule has 2 aromatic heterocycles. The Kier molecular flexibility index (Phi) is 6.66. The molecule has 0 fully saturated rings. The quantitative estimate of drug-likeness (QED) is 0.257. The minimum absolute atomic E-state index is 0.0558. The maximum absolute atomic E-state index is 13.1. The van der Waals surface area contributed by atoms with E-state index in [0.717, 1.165) is 44.2 Å². The van der Waals surface area contributed by atoms with Crippen LogP contribution < -0.4 is 15.0 Å². The van der Waals surface area contributed by atoms with Crippen molar-refractivity contribution in [2.45, 2.75) is 46.6 Å². The lowest BCUT2D eigenvalue weighted by molar-refractivity contribution is 0.267. The molecule has 5 rings (SSSR count). The Morgan fingerprint density at radius 1 is 1.21 bits per heavy atom. The maximum atomic E-state index is 13.1. The number of nitrogens with one attached hydrogen (secondary N) is 1. The molecular formula is C27H27IN2O3S. The Labute approximate surface area is 216 Å². The second kappa shape index (κ2) is 9.70. The topological polar surface area (TPSA) is 64.2 Å². The van der Waals surface area contributed by atoms with Crippen molar-refractivity contribution in [3.05, 3.63) is 71.9 Å². The molecule has 5 nitrogen and oxygen atoms in total. The Hall–Kier alpha value is -2.39. The van der Waals surface area contributed by atoms with Crippen LogP contribution in [-0.4, -0.2) is 16.6 Å². The van der Waals surface area contributed by atoms with Gasteiger partial charge in [0.2, 0.25) is 0 Å². The number of hydrogen-bond donors (Lipinski definition) is 1. The summed E-state index contributed by atoms with van der Waals surface area (Å²) in [6.07, 6.45) is 3.12. The number of ether oxygens (including phenoxy) is 2. The molecular weight excluding hydrogens is 559 g/mol. The van der Waals surface area contributed by atoms with Crippen LogP contribution in [0.4, 0.5) is 0 Å². The zero-order chi connectivity index (χ0) is 23.8. The van der Waals surface area contributed by atoms with E-state index in [2.05, 4.69) is 65.7 Å². The molecule has 1 aliphatic carbocycles. The average molecular weight is 586 g/mol. The number of H-pyrrole nitrogens is 1. The molecule has 2 aromatic carbocycles. The van der Waals surface area contributed by atoms with Gasteiger partial charge in [0.1, 0.15) is 17.3 Å². The summed E-state index contributed by atoms with van der Waals surface area (Å²) in [6, 6.07) is 12.2. The zero-order valence-corrected chi connectivity index (χ0v) is 22.5. The number of benzene rings is 2. The molecule has 0 bridgehead atoms. The van der Waals surface area contributed by atoms with Gasteiger partial charge in [-0.2, -0.15) is 0 Å². The van der Waals surface area contributed by atoms with Crippen LogP contribution in [0.1, 0.15) is 41.8 Å². The molecule has 1 atom stereocenters. The van der Waals surface area contributed by atoms with E-state index in [1.54, 1.807) is 11.3 Å². The lowest BCUT2D eigenvalue weighted by Gasteiger charge is -2.17. The van der Waals surface area contributed by atoms with E-state index in [1.807, 2.05) is 19.1 Å². The Bertz CT molecular complexity index is 1410. The van der Waals surface area contributed by atoms with Crippen LogP contribution in [-0.2, 0) is 19.4 Å². The summed E-state index contributed by atoms with van der Waals surface area (Å²) in [5.74, 6) is 2.57. The van der Waals surface area contributed by atoms with Gasteiger partial charge in [-0.25, -0.2) is 4.98 Å². The van der Waals surface area contributed by atoms with E-state index < -0.39 is 0 Å². The van der Waals surface area contributed by atoms with E-state index in [-0.39, 0.29) is 5.56 Å². The average Bonchev–Trinajstić information content (AvgIpc) is 3.17.